The molecule has 0 bridgehead atoms. The van der Waals surface area contributed by atoms with Crippen molar-refractivity contribution in [3.8, 4) is 0 Å². The zero-order chi connectivity index (χ0) is 23.5. The summed E-state index contributed by atoms with van der Waals surface area (Å²) in [5.41, 5.74) is 1.91. The third kappa shape index (κ3) is 8.62. The topological polar surface area (TPSA) is 49.4 Å². The van der Waals surface area contributed by atoms with E-state index in [0.717, 1.165) is 28.4 Å². The SMILES string of the molecule is CCCCNC(=O)C(CC)N(Cc1ccc(Cl)cc1Cl)C(=O)CSCc1ccc(Br)cc1. The highest BCUT2D eigenvalue weighted by molar-refractivity contribution is 9.10. The van der Waals surface area contributed by atoms with Crippen LogP contribution >= 0.6 is 50.9 Å². The Labute approximate surface area is 213 Å². The normalized spacial score (nSPS) is 11.8. The van der Waals surface area contributed by atoms with Gasteiger partial charge in [-0.3, -0.25) is 9.59 Å². The van der Waals surface area contributed by atoms with Gasteiger partial charge in [0.15, 0.2) is 0 Å². The van der Waals surface area contributed by atoms with Crippen molar-refractivity contribution < 1.29 is 9.59 Å². The van der Waals surface area contributed by atoms with Gasteiger partial charge in [-0.15, -0.1) is 11.8 Å². The second kappa shape index (κ2) is 14.1. The van der Waals surface area contributed by atoms with Crippen LogP contribution in [0.5, 0.6) is 0 Å². The van der Waals surface area contributed by atoms with E-state index in [-0.39, 0.29) is 24.1 Å². The van der Waals surface area contributed by atoms with Gasteiger partial charge in [-0.2, -0.15) is 0 Å². The zero-order valence-electron chi connectivity index (χ0n) is 18.4. The lowest BCUT2D eigenvalue weighted by Crippen LogP contribution is -2.49. The first-order valence-corrected chi connectivity index (χ1v) is 13.4. The van der Waals surface area contributed by atoms with E-state index in [0.29, 0.717) is 28.8 Å². The third-order valence-electron chi connectivity index (χ3n) is 4.98. The lowest BCUT2D eigenvalue weighted by atomic mass is 10.1. The molecule has 1 N–H and O–H groups in total. The molecule has 32 heavy (non-hydrogen) atoms. The van der Waals surface area contributed by atoms with Gasteiger partial charge in [0.1, 0.15) is 6.04 Å². The highest BCUT2D eigenvalue weighted by atomic mass is 79.9. The molecule has 0 spiro atoms. The van der Waals surface area contributed by atoms with Crippen molar-refractivity contribution in [2.45, 2.75) is 51.4 Å². The highest BCUT2D eigenvalue weighted by Gasteiger charge is 2.28. The van der Waals surface area contributed by atoms with Gasteiger partial charge >= 0.3 is 0 Å². The van der Waals surface area contributed by atoms with Crippen LogP contribution in [0.3, 0.4) is 0 Å². The Kier molecular flexibility index (Phi) is 11.9. The number of carbonyl (C=O) groups excluding carboxylic acids is 2. The van der Waals surface area contributed by atoms with Gasteiger partial charge in [0.05, 0.1) is 5.75 Å². The number of amides is 2. The molecule has 4 nitrogen and oxygen atoms in total. The Balaban J connectivity index is 2.14. The number of nitrogens with zero attached hydrogens (tertiary/aromatic N) is 1. The average molecular weight is 560 g/mol. The van der Waals surface area contributed by atoms with E-state index in [1.54, 1.807) is 17.0 Å². The molecule has 0 fully saturated rings. The minimum absolute atomic E-state index is 0.0874. The Bertz CT molecular complexity index is 896. The molecule has 2 amide bonds. The second-order valence-corrected chi connectivity index (χ2v) is 10.2. The molecule has 0 aliphatic carbocycles. The number of unbranched alkanes of at least 4 members (excludes halogenated alkanes) is 1. The fraction of sp³-hybridized carbons (Fsp3) is 0.417. The molecule has 0 saturated carbocycles. The second-order valence-electron chi connectivity index (χ2n) is 7.45. The van der Waals surface area contributed by atoms with E-state index in [1.807, 2.05) is 37.3 Å². The van der Waals surface area contributed by atoms with Gasteiger partial charge in [-0.05, 0) is 48.2 Å². The van der Waals surface area contributed by atoms with Gasteiger partial charge in [0, 0.05) is 33.4 Å². The Morgan fingerprint density at radius 3 is 2.47 bits per heavy atom. The Morgan fingerprint density at radius 2 is 1.84 bits per heavy atom. The van der Waals surface area contributed by atoms with Gasteiger partial charge in [-0.1, -0.05) is 77.6 Å². The first-order chi connectivity index (χ1) is 15.3. The summed E-state index contributed by atoms with van der Waals surface area (Å²) in [7, 11) is 0. The molecule has 174 valence electrons. The molecule has 0 aromatic heterocycles. The van der Waals surface area contributed by atoms with Crippen LogP contribution < -0.4 is 5.32 Å². The van der Waals surface area contributed by atoms with Crippen molar-refractivity contribution in [3.63, 3.8) is 0 Å². The van der Waals surface area contributed by atoms with Crippen LogP contribution in [0.25, 0.3) is 0 Å². The van der Waals surface area contributed by atoms with Crippen molar-refractivity contribution in [3.05, 3.63) is 68.1 Å². The third-order valence-corrected chi connectivity index (χ3v) is 7.08. The summed E-state index contributed by atoms with van der Waals surface area (Å²) < 4.78 is 1.02. The van der Waals surface area contributed by atoms with Crippen LogP contribution in [-0.2, 0) is 21.9 Å². The summed E-state index contributed by atoms with van der Waals surface area (Å²) in [5.74, 6) is 0.779. The first kappa shape index (κ1) is 27.0. The molecule has 0 saturated heterocycles. The maximum atomic E-state index is 13.3. The predicted molar refractivity (Wildman–Crippen MR) is 139 cm³/mol. The fourth-order valence-corrected chi connectivity index (χ4v) is 4.78. The van der Waals surface area contributed by atoms with E-state index in [2.05, 4.69) is 28.2 Å². The number of hydrogen-bond acceptors (Lipinski definition) is 3. The molecule has 0 heterocycles. The summed E-state index contributed by atoms with van der Waals surface area (Å²) in [6, 6.07) is 12.7. The summed E-state index contributed by atoms with van der Waals surface area (Å²) >= 11 is 17.4. The molecule has 8 heteroatoms. The van der Waals surface area contributed by atoms with Crippen LogP contribution in [0.1, 0.15) is 44.2 Å². The number of rotatable bonds is 12. The average Bonchev–Trinajstić information content (AvgIpc) is 2.76. The lowest BCUT2D eigenvalue weighted by Gasteiger charge is -2.31. The quantitative estimate of drug-likeness (QED) is 0.294. The summed E-state index contributed by atoms with van der Waals surface area (Å²) in [6.07, 6.45) is 2.42. The van der Waals surface area contributed by atoms with E-state index >= 15 is 0 Å². The molecule has 0 aliphatic heterocycles. The number of halogens is 3. The van der Waals surface area contributed by atoms with E-state index in [9.17, 15) is 9.59 Å². The van der Waals surface area contributed by atoms with Crippen LogP contribution in [0.15, 0.2) is 46.9 Å². The van der Waals surface area contributed by atoms with E-state index in [4.69, 9.17) is 23.2 Å². The maximum absolute atomic E-state index is 13.3. The maximum Gasteiger partial charge on any atom is 0.242 e. The van der Waals surface area contributed by atoms with Crippen LogP contribution in [0, 0.1) is 0 Å². The molecule has 2 aromatic rings. The number of carbonyl (C=O) groups is 2. The number of hydrogen-bond donors (Lipinski definition) is 1. The van der Waals surface area contributed by atoms with Crippen molar-refractivity contribution in [1.82, 2.24) is 10.2 Å². The van der Waals surface area contributed by atoms with Crippen molar-refractivity contribution in [1.29, 1.82) is 0 Å². The largest absolute Gasteiger partial charge is 0.354 e. The highest BCUT2D eigenvalue weighted by Crippen LogP contribution is 2.24. The first-order valence-electron chi connectivity index (χ1n) is 10.7. The zero-order valence-corrected chi connectivity index (χ0v) is 22.3. The smallest absolute Gasteiger partial charge is 0.242 e. The van der Waals surface area contributed by atoms with Gasteiger partial charge < -0.3 is 10.2 Å². The molecule has 1 atom stereocenters. The van der Waals surface area contributed by atoms with Crippen LogP contribution in [0.2, 0.25) is 10.0 Å². The van der Waals surface area contributed by atoms with Crippen molar-refractivity contribution in [2.75, 3.05) is 12.3 Å². The number of thioether (sulfide) groups is 1. The minimum atomic E-state index is -0.556. The summed E-state index contributed by atoms with van der Waals surface area (Å²) in [4.78, 5) is 27.8. The predicted octanol–water partition coefficient (Wildman–Crippen LogP) is 6.71. The monoisotopic (exact) mass is 558 g/mol. The Hall–Kier alpha value is -1.21. The molecule has 2 aromatic carbocycles. The number of nitrogens with one attached hydrogen (secondary N) is 1. The lowest BCUT2D eigenvalue weighted by molar-refractivity contribution is -0.139. The molecule has 0 radical (unpaired) electrons. The number of benzene rings is 2. The summed E-state index contributed by atoms with van der Waals surface area (Å²) in [5, 5.41) is 3.99. The van der Waals surface area contributed by atoms with E-state index in [1.165, 1.54) is 11.8 Å². The summed E-state index contributed by atoms with van der Waals surface area (Å²) in [6.45, 7) is 4.86. The molecule has 0 aliphatic rings. The van der Waals surface area contributed by atoms with Crippen molar-refractivity contribution >= 4 is 62.7 Å². The van der Waals surface area contributed by atoms with E-state index < -0.39 is 6.04 Å². The molecule has 1 unspecified atom stereocenters. The molecular weight excluding hydrogens is 531 g/mol. The van der Waals surface area contributed by atoms with Gasteiger partial charge in [-0.25, -0.2) is 0 Å². The van der Waals surface area contributed by atoms with Crippen molar-refractivity contribution in [2.24, 2.45) is 0 Å². The van der Waals surface area contributed by atoms with Crippen LogP contribution in [0.4, 0.5) is 0 Å². The van der Waals surface area contributed by atoms with Gasteiger partial charge in [0.25, 0.3) is 0 Å². The minimum Gasteiger partial charge on any atom is -0.354 e. The molecular formula is C24H29BrCl2N2O2S. The van der Waals surface area contributed by atoms with Gasteiger partial charge in [0.2, 0.25) is 11.8 Å². The van der Waals surface area contributed by atoms with Crippen LogP contribution in [-0.4, -0.2) is 35.1 Å². The Morgan fingerprint density at radius 1 is 1.12 bits per heavy atom. The fourth-order valence-electron chi connectivity index (χ4n) is 3.18. The molecule has 2 rings (SSSR count). The standard InChI is InChI=1S/C24H29BrCl2N2O2S/c1-3-5-12-28-24(31)22(4-2)29(14-18-8-11-20(26)13-21(18)27)23(30)16-32-15-17-6-9-19(25)10-7-17/h6-11,13,22H,3-5,12,14-16H2,1-2H3,(H,28,31).